The van der Waals surface area contributed by atoms with Crippen LogP contribution in [0.5, 0.6) is 0 Å². The number of aromatic nitrogens is 1. The summed E-state index contributed by atoms with van der Waals surface area (Å²) >= 11 is 0. The van der Waals surface area contributed by atoms with Gasteiger partial charge in [0.25, 0.3) is 11.9 Å². The molecular formula is C14H10F4N2O. The molecule has 0 fully saturated rings. The van der Waals surface area contributed by atoms with Crippen LogP contribution >= 0.6 is 0 Å². The lowest BCUT2D eigenvalue weighted by molar-refractivity contribution is 0.165. The second kappa shape index (κ2) is 5.00. The van der Waals surface area contributed by atoms with Gasteiger partial charge in [-0.1, -0.05) is 24.3 Å². The molecule has 3 nitrogen and oxygen atoms in total. The Bertz CT molecular complexity index is 681. The van der Waals surface area contributed by atoms with Gasteiger partial charge in [0.1, 0.15) is 5.69 Å². The van der Waals surface area contributed by atoms with Crippen LogP contribution in [-0.4, -0.2) is 16.2 Å². The number of rotatable bonds is 2. The predicted molar refractivity (Wildman–Crippen MR) is 66.6 cm³/mol. The lowest BCUT2D eigenvalue weighted by Crippen LogP contribution is -2.23. The fourth-order valence-electron chi connectivity index (χ4n) is 2.52. The molecule has 0 saturated heterocycles. The molecule has 1 aromatic heterocycles. The third kappa shape index (κ3) is 2.23. The fraction of sp³-hybridized carbons (Fsp3) is 0.214. The summed E-state index contributed by atoms with van der Waals surface area (Å²) in [5, 5.41) is 12.3. The van der Waals surface area contributed by atoms with Crippen molar-refractivity contribution in [3.8, 4) is 0 Å². The topological polar surface area (TPSA) is 45.1 Å². The summed E-state index contributed by atoms with van der Waals surface area (Å²) in [6.45, 7) is 0. The van der Waals surface area contributed by atoms with Gasteiger partial charge in [-0.05, 0) is 11.1 Å². The van der Waals surface area contributed by atoms with Crippen molar-refractivity contribution in [2.24, 2.45) is 0 Å². The van der Waals surface area contributed by atoms with Gasteiger partial charge >= 0.3 is 0 Å². The molecular weight excluding hydrogens is 288 g/mol. The minimum absolute atomic E-state index is 0.285. The van der Waals surface area contributed by atoms with Crippen molar-refractivity contribution in [2.45, 2.75) is 18.6 Å². The first kappa shape index (κ1) is 13.8. The third-order valence-electron chi connectivity index (χ3n) is 3.50. The van der Waals surface area contributed by atoms with E-state index in [1.807, 2.05) is 0 Å². The maximum Gasteiger partial charge on any atom is 0.253 e. The Morgan fingerprint density at radius 2 is 1.67 bits per heavy atom. The van der Waals surface area contributed by atoms with Crippen LogP contribution in [0, 0.1) is 23.5 Å². The van der Waals surface area contributed by atoms with Crippen LogP contribution in [0.2, 0.25) is 0 Å². The zero-order chi connectivity index (χ0) is 15.1. The van der Waals surface area contributed by atoms with E-state index >= 15 is 0 Å². The summed E-state index contributed by atoms with van der Waals surface area (Å²) in [6, 6.07) is 6.05. The van der Waals surface area contributed by atoms with Gasteiger partial charge in [0.05, 0.1) is 12.1 Å². The van der Waals surface area contributed by atoms with Gasteiger partial charge in [0.15, 0.2) is 0 Å². The highest BCUT2D eigenvalue weighted by molar-refractivity contribution is 5.50. The highest BCUT2D eigenvalue weighted by atomic mass is 19.2. The Kier molecular flexibility index (Phi) is 3.29. The largest absolute Gasteiger partial charge is 0.390 e. The minimum Gasteiger partial charge on any atom is -0.390 e. The lowest BCUT2D eigenvalue weighted by Gasteiger charge is -2.20. The molecule has 1 aromatic carbocycles. The van der Waals surface area contributed by atoms with Crippen LogP contribution in [0.4, 0.5) is 23.2 Å². The maximum atomic E-state index is 13.6. The van der Waals surface area contributed by atoms with Crippen LogP contribution in [0.15, 0.2) is 24.3 Å². The first-order valence-corrected chi connectivity index (χ1v) is 6.21. The van der Waals surface area contributed by atoms with Gasteiger partial charge in [0, 0.05) is 6.42 Å². The summed E-state index contributed by atoms with van der Waals surface area (Å²) in [5.74, 6) is -6.72. The molecule has 3 rings (SSSR count). The van der Waals surface area contributed by atoms with E-state index in [1.165, 1.54) is 0 Å². The predicted octanol–water partition coefficient (Wildman–Crippen LogP) is 2.71. The van der Waals surface area contributed by atoms with Crippen LogP contribution in [-0.2, 0) is 6.42 Å². The Balaban J connectivity index is 2.02. The molecule has 0 amide bonds. The molecule has 0 saturated carbocycles. The smallest absolute Gasteiger partial charge is 0.253 e. The number of fused-ring (bicyclic) bond motifs is 1. The lowest BCUT2D eigenvalue weighted by atomic mass is 10.1. The SMILES string of the molecule is OC1Cc2ccccc2C1Nc1c(F)c(F)nc(F)c1F. The Morgan fingerprint density at radius 3 is 2.33 bits per heavy atom. The van der Waals surface area contributed by atoms with E-state index in [1.54, 1.807) is 24.3 Å². The van der Waals surface area contributed by atoms with E-state index in [0.717, 1.165) is 5.56 Å². The van der Waals surface area contributed by atoms with Gasteiger partial charge in [-0.25, -0.2) is 0 Å². The van der Waals surface area contributed by atoms with Gasteiger partial charge < -0.3 is 10.4 Å². The molecule has 110 valence electrons. The van der Waals surface area contributed by atoms with Crippen molar-refractivity contribution < 1.29 is 22.7 Å². The van der Waals surface area contributed by atoms with E-state index in [-0.39, 0.29) is 6.42 Å². The zero-order valence-corrected chi connectivity index (χ0v) is 10.6. The highest BCUT2D eigenvalue weighted by Crippen LogP contribution is 2.35. The van der Waals surface area contributed by atoms with Crippen molar-refractivity contribution in [1.82, 2.24) is 4.98 Å². The standard InChI is InChI=1S/C14H10F4N2O/c15-9-12(10(16)14(18)20-13(9)17)19-11-7-4-2-1-3-6(7)5-8(11)21/h1-4,8,11,21H,5H2,(H,19,20). The molecule has 2 N–H and O–H groups in total. The molecule has 0 bridgehead atoms. The Labute approximate surface area is 117 Å². The second-order valence-corrected chi connectivity index (χ2v) is 4.79. The molecule has 2 atom stereocenters. The van der Waals surface area contributed by atoms with E-state index in [9.17, 15) is 22.7 Å². The molecule has 1 aliphatic carbocycles. The number of anilines is 1. The van der Waals surface area contributed by atoms with Gasteiger partial charge in [-0.15, -0.1) is 0 Å². The molecule has 21 heavy (non-hydrogen) atoms. The number of pyridine rings is 1. The van der Waals surface area contributed by atoms with E-state index in [2.05, 4.69) is 10.3 Å². The maximum absolute atomic E-state index is 13.6. The number of aliphatic hydroxyl groups is 1. The highest BCUT2D eigenvalue weighted by Gasteiger charge is 2.33. The normalized spacial score (nSPS) is 20.4. The van der Waals surface area contributed by atoms with Gasteiger partial charge in [-0.3, -0.25) is 0 Å². The molecule has 2 unspecified atom stereocenters. The number of nitrogens with zero attached hydrogens (tertiary/aromatic N) is 1. The molecule has 2 aromatic rings. The first-order chi connectivity index (χ1) is 9.99. The van der Waals surface area contributed by atoms with Crippen LogP contribution in [0.3, 0.4) is 0 Å². The number of nitrogens with one attached hydrogen (secondary N) is 1. The van der Waals surface area contributed by atoms with Crippen LogP contribution < -0.4 is 5.32 Å². The molecule has 0 aliphatic heterocycles. The molecule has 1 aliphatic rings. The number of benzene rings is 1. The quantitative estimate of drug-likeness (QED) is 0.662. The summed E-state index contributed by atoms with van der Waals surface area (Å²) in [4.78, 5) is 2.49. The van der Waals surface area contributed by atoms with E-state index in [4.69, 9.17) is 0 Å². The van der Waals surface area contributed by atoms with E-state index < -0.39 is 41.4 Å². The number of halogens is 4. The average Bonchev–Trinajstić information content (AvgIpc) is 2.77. The van der Waals surface area contributed by atoms with E-state index in [0.29, 0.717) is 5.56 Å². The fourth-order valence-corrected chi connectivity index (χ4v) is 2.52. The van der Waals surface area contributed by atoms with Crippen LogP contribution in [0.1, 0.15) is 17.2 Å². The van der Waals surface area contributed by atoms with Crippen molar-refractivity contribution in [2.75, 3.05) is 5.32 Å². The number of aliphatic hydroxyl groups excluding tert-OH is 1. The molecule has 0 spiro atoms. The number of hydrogen-bond donors (Lipinski definition) is 2. The summed E-state index contributed by atoms with van der Waals surface area (Å²) in [7, 11) is 0. The monoisotopic (exact) mass is 298 g/mol. The second-order valence-electron chi connectivity index (χ2n) is 4.79. The first-order valence-electron chi connectivity index (χ1n) is 6.21. The van der Waals surface area contributed by atoms with Crippen LogP contribution in [0.25, 0.3) is 0 Å². The third-order valence-corrected chi connectivity index (χ3v) is 3.50. The van der Waals surface area contributed by atoms with Crippen molar-refractivity contribution in [3.05, 3.63) is 58.9 Å². The molecule has 1 heterocycles. The average molecular weight is 298 g/mol. The summed E-state index contributed by atoms with van der Waals surface area (Å²) in [6.07, 6.45) is -0.673. The summed E-state index contributed by atoms with van der Waals surface area (Å²) < 4.78 is 53.4. The molecule has 0 radical (unpaired) electrons. The van der Waals surface area contributed by atoms with Crippen molar-refractivity contribution >= 4 is 5.69 Å². The van der Waals surface area contributed by atoms with Crippen molar-refractivity contribution in [1.29, 1.82) is 0 Å². The van der Waals surface area contributed by atoms with Gasteiger partial charge in [-0.2, -0.15) is 22.5 Å². The number of hydrogen-bond acceptors (Lipinski definition) is 3. The zero-order valence-electron chi connectivity index (χ0n) is 10.6. The Morgan fingerprint density at radius 1 is 1.05 bits per heavy atom. The summed E-state index contributed by atoms with van der Waals surface area (Å²) in [5.41, 5.74) is 0.459. The molecule has 7 heteroatoms. The van der Waals surface area contributed by atoms with Crippen molar-refractivity contribution in [3.63, 3.8) is 0 Å². The Hall–Kier alpha value is -2.15. The minimum atomic E-state index is -1.74. The van der Waals surface area contributed by atoms with Gasteiger partial charge in [0.2, 0.25) is 11.6 Å².